The van der Waals surface area contributed by atoms with Crippen molar-refractivity contribution in [2.75, 3.05) is 24.0 Å². The lowest BCUT2D eigenvalue weighted by Gasteiger charge is -2.29. The van der Waals surface area contributed by atoms with Gasteiger partial charge in [-0.25, -0.2) is 0 Å². The maximum absolute atomic E-state index is 9.81. The number of thioether (sulfide) groups is 1. The van der Waals surface area contributed by atoms with Crippen molar-refractivity contribution in [3.63, 3.8) is 0 Å². The molecule has 1 N–H and O–H groups in total. The summed E-state index contributed by atoms with van der Waals surface area (Å²) < 4.78 is 0. The molecule has 0 radical (unpaired) electrons. The Morgan fingerprint density at radius 1 is 1.44 bits per heavy atom. The second kappa shape index (κ2) is 6.67. The summed E-state index contributed by atoms with van der Waals surface area (Å²) in [5, 5.41) is 18.8. The van der Waals surface area contributed by atoms with Crippen LogP contribution in [0, 0.1) is 11.3 Å². The van der Waals surface area contributed by atoms with Crippen LogP contribution < -0.4 is 4.90 Å². The van der Waals surface area contributed by atoms with Crippen molar-refractivity contribution in [1.29, 1.82) is 5.26 Å². The monoisotopic (exact) mass is 264 g/mol. The molecule has 0 saturated carbocycles. The number of hydrogen-bond acceptors (Lipinski definition) is 4. The van der Waals surface area contributed by atoms with Crippen molar-refractivity contribution in [3.8, 4) is 6.07 Å². The van der Waals surface area contributed by atoms with E-state index in [1.807, 2.05) is 19.2 Å². The first-order valence-electron chi connectivity index (χ1n) is 5.95. The first kappa shape index (κ1) is 14.9. The Balaban J connectivity index is 3.15. The quantitative estimate of drug-likeness (QED) is 0.888. The third kappa shape index (κ3) is 3.41. The van der Waals surface area contributed by atoms with Gasteiger partial charge in [0.05, 0.1) is 17.7 Å². The van der Waals surface area contributed by atoms with Gasteiger partial charge in [0.25, 0.3) is 0 Å². The fraction of sp³-hybridized carbons (Fsp3) is 0.500. The second-order valence-electron chi connectivity index (χ2n) is 4.48. The van der Waals surface area contributed by atoms with Gasteiger partial charge in [0.1, 0.15) is 0 Å². The number of benzene rings is 1. The maximum atomic E-state index is 9.81. The minimum absolute atomic E-state index is 0.353. The van der Waals surface area contributed by atoms with Crippen molar-refractivity contribution in [1.82, 2.24) is 0 Å². The minimum atomic E-state index is -0.531. The lowest BCUT2D eigenvalue weighted by Crippen LogP contribution is -2.31. The van der Waals surface area contributed by atoms with E-state index in [4.69, 9.17) is 5.26 Å². The van der Waals surface area contributed by atoms with Crippen LogP contribution in [0.2, 0.25) is 0 Å². The molecule has 0 aliphatic carbocycles. The van der Waals surface area contributed by atoms with Crippen molar-refractivity contribution < 1.29 is 5.11 Å². The highest BCUT2D eigenvalue weighted by Gasteiger charge is 2.16. The predicted octanol–water partition coefficient (Wildman–Crippen LogP) is 2.80. The fourth-order valence-electron chi connectivity index (χ4n) is 1.86. The molecule has 0 spiro atoms. The number of aliphatic hydroxyl groups is 1. The molecule has 0 amide bonds. The van der Waals surface area contributed by atoms with Gasteiger partial charge in [0.15, 0.2) is 0 Å². The van der Waals surface area contributed by atoms with Gasteiger partial charge in [-0.15, -0.1) is 0 Å². The Morgan fingerprint density at radius 2 is 2.11 bits per heavy atom. The molecule has 18 heavy (non-hydrogen) atoms. The molecular formula is C14H20N2OS. The van der Waals surface area contributed by atoms with Crippen molar-refractivity contribution >= 4 is 17.4 Å². The number of nitrogens with zero attached hydrogens (tertiary/aromatic N) is 2. The average Bonchev–Trinajstić information content (AvgIpc) is 2.37. The molecule has 2 atom stereocenters. The highest BCUT2D eigenvalue weighted by molar-refractivity contribution is 7.98. The summed E-state index contributed by atoms with van der Waals surface area (Å²) in [6.07, 6.45) is 1.54. The molecule has 0 bridgehead atoms. The lowest BCUT2D eigenvalue weighted by atomic mass is 10.0. The third-order valence-electron chi connectivity index (χ3n) is 3.06. The summed E-state index contributed by atoms with van der Waals surface area (Å²) in [6.45, 7) is 3.89. The predicted molar refractivity (Wildman–Crippen MR) is 78.0 cm³/mol. The topological polar surface area (TPSA) is 47.3 Å². The Morgan fingerprint density at radius 3 is 2.61 bits per heavy atom. The van der Waals surface area contributed by atoms with Crippen LogP contribution in [-0.2, 0) is 0 Å². The number of rotatable bonds is 5. The van der Waals surface area contributed by atoms with Crippen LogP contribution >= 0.6 is 11.8 Å². The molecule has 4 heteroatoms. The Hall–Kier alpha value is -1.18. The van der Waals surface area contributed by atoms with E-state index < -0.39 is 6.10 Å². The first-order valence-corrected chi connectivity index (χ1v) is 7.34. The molecule has 1 rings (SSSR count). The van der Waals surface area contributed by atoms with Crippen LogP contribution in [0.3, 0.4) is 0 Å². The molecule has 0 saturated heterocycles. The largest absolute Gasteiger partial charge is 0.389 e. The minimum Gasteiger partial charge on any atom is -0.389 e. The number of aliphatic hydroxyl groups excluding tert-OH is 1. The van der Waals surface area contributed by atoms with Gasteiger partial charge in [-0.2, -0.15) is 17.0 Å². The Labute approximate surface area is 113 Å². The summed E-state index contributed by atoms with van der Waals surface area (Å²) in [6, 6.07) is 7.93. The zero-order chi connectivity index (χ0) is 13.7. The summed E-state index contributed by atoms with van der Waals surface area (Å²) in [4.78, 5) is 2.12. The highest BCUT2D eigenvalue weighted by Crippen LogP contribution is 2.28. The average molecular weight is 264 g/mol. The van der Waals surface area contributed by atoms with Gasteiger partial charge in [-0.3, -0.25) is 0 Å². The Bertz CT molecular complexity index is 440. The number of nitriles is 1. The van der Waals surface area contributed by atoms with Gasteiger partial charge in [0.2, 0.25) is 0 Å². The fourth-order valence-corrected chi connectivity index (χ4v) is 2.57. The molecule has 3 nitrogen and oxygen atoms in total. The maximum Gasteiger partial charge on any atom is 0.0992 e. The van der Waals surface area contributed by atoms with Crippen molar-refractivity contribution in [2.45, 2.75) is 26.0 Å². The standard InChI is InChI=1S/C14H20N2OS/c1-10(9-18-4)16(3)14-7-12(8-15)5-6-13(14)11(2)17/h5-7,10-11,17H,9H2,1-4H3/t10?,11-/m0/s1. The third-order valence-corrected chi connectivity index (χ3v) is 3.87. The molecule has 0 aliphatic heterocycles. The van der Waals surface area contributed by atoms with Crippen LogP contribution in [-0.4, -0.2) is 30.2 Å². The van der Waals surface area contributed by atoms with E-state index in [0.29, 0.717) is 11.6 Å². The molecule has 98 valence electrons. The van der Waals surface area contributed by atoms with E-state index in [9.17, 15) is 5.11 Å². The molecule has 0 aromatic heterocycles. The molecule has 0 heterocycles. The first-order chi connectivity index (χ1) is 8.51. The molecule has 0 fully saturated rings. The summed E-state index contributed by atoms with van der Waals surface area (Å²) in [7, 11) is 2.00. The Kier molecular flexibility index (Phi) is 5.52. The van der Waals surface area contributed by atoms with Crippen molar-refractivity contribution in [3.05, 3.63) is 29.3 Å². The lowest BCUT2D eigenvalue weighted by molar-refractivity contribution is 0.199. The molecule has 1 unspecified atom stereocenters. The zero-order valence-electron chi connectivity index (χ0n) is 11.3. The van der Waals surface area contributed by atoms with E-state index in [0.717, 1.165) is 17.0 Å². The van der Waals surface area contributed by atoms with Gasteiger partial charge in [-0.05, 0) is 32.2 Å². The van der Waals surface area contributed by atoms with E-state index in [1.165, 1.54) is 0 Å². The van der Waals surface area contributed by atoms with Crippen LogP contribution in [0.15, 0.2) is 18.2 Å². The molecule has 1 aromatic carbocycles. The van der Waals surface area contributed by atoms with E-state index in [-0.39, 0.29) is 0 Å². The summed E-state index contributed by atoms with van der Waals surface area (Å²) in [5.74, 6) is 1.01. The van der Waals surface area contributed by atoms with Gasteiger partial charge in [-0.1, -0.05) is 6.07 Å². The van der Waals surface area contributed by atoms with Gasteiger partial charge in [0, 0.05) is 30.1 Å². The highest BCUT2D eigenvalue weighted by atomic mass is 32.2. The van der Waals surface area contributed by atoms with Crippen LogP contribution in [0.25, 0.3) is 0 Å². The molecular weight excluding hydrogens is 244 g/mol. The molecule has 0 aliphatic rings. The second-order valence-corrected chi connectivity index (χ2v) is 5.39. The number of hydrogen-bond donors (Lipinski definition) is 1. The van der Waals surface area contributed by atoms with E-state index >= 15 is 0 Å². The summed E-state index contributed by atoms with van der Waals surface area (Å²) >= 11 is 1.79. The smallest absolute Gasteiger partial charge is 0.0992 e. The SMILES string of the molecule is CSCC(C)N(C)c1cc(C#N)ccc1[C@H](C)O. The van der Waals surface area contributed by atoms with E-state index in [1.54, 1.807) is 24.8 Å². The van der Waals surface area contributed by atoms with Crippen LogP contribution in [0.4, 0.5) is 5.69 Å². The van der Waals surface area contributed by atoms with Crippen LogP contribution in [0.1, 0.15) is 31.1 Å². The van der Waals surface area contributed by atoms with Gasteiger partial charge >= 0.3 is 0 Å². The summed E-state index contributed by atoms with van der Waals surface area (Å²) in [5.41, 5.74) is 2.42. The van der Waals surface area contributed by atoms with Crippen LogP contribution in [0.5, 0.6) is 0 Å². The molecule has 1 aromatic rings. The van der Waals surface area contributed by atoms with Gasteiger partial charge < -0.3 is 10.0 Å². The zero-order valence-corrected chi connectivity index (χ0v) is 12.2. The van der Waals surface area contributed by atoms with Crippen molar-refractivity contribution in [2.24, 2.45) is 0 Å². The van der Waals surface area contributed by atoms with E-state index in [2.05, 4.69) is 24.1 Å². The normalized spacial score (nSPS) is 13.8. The number of anilines is 1.